The van der Waals surface area contributed by atoms with E-state index in [4.69, 9.17) is 22.2 Å². The lowest BCUT2D eigenvalue weighted by molar-refractivity contribution is -0.158. The van der Waals surface area contributed by atoms with Crippen molar-refractivity contribution in [1.29, 1.82) is 5.26 Å². The van der Waals surface area contributed by atoms with Crippen LogP contribution in [0.15, 0.2) is 34.4 Å². The Hall–Kier alpha value is -4.37. The van der Waals surface area contributed by atoms with Gasteiger partial charge in [-0.3, -0.25) is 19.3 Å². The number of phenolic OH excluding ortho intramolecular Hbond substituents is 1. The number of likely N-dealkylation sites (N-methyl/N-ethyl adjacent to an activating group) is 1. The van der Waals surface area contributed by atoms with Gasteiger partial charge in [0, 0.05) is 11.3 Å². The molecule has 5 fully saturated rings. The molecule has 0 radical (unpaired) electrons. The number of aromatic nitrogens is 1. The minimum atomic E-state index is -3.11. The molecule has 7 aliphatic carbocycles. The zero-order valence-corrected chi connectivity index (χ0v) is 28.6. The monoisotopic (exact) mass is 717 g/mol. The molecule has 15 nitrogen and oxygen atoms in total. The second kappa shape index (κ2) is 10.8. The number of nitrogens with zero attached hydrogens (tertiary/aromatic N) is 3. The van der Waals surface area contributed by atoms with Crippen LogP contribution < -0.4 is 22.5 Å². The SMILES string of the molecule is CN(C)[C@@H]1C(=O)C(C(N)=O)=C(O)[C@@]2(C#N)C(=O)C3=C(O)c4c(ccc(Nc5nc(C6C7CC8CC(C7)CC6C8)cs5)c4O)[C@H](O)[C@@]3(N)[C@H](O)[C@@]12N. The highest BCUT2D eigenvalue weighted by molar-refractivity contribution is 7.13. The molecule has 5 saturated carbocycles. The van der Waals surface area contributed by atoms with Crippen LogP contribution in [0.4, 0.5) is 10.8 Å². The summed E-state index contributed by atoms with van der Waals surface area (Å²) in [6.07, 6.45) is 1.75. The zero-order valence-electron chi connectivity index (χ0n) is 27.8. The molecule has 1 aromatic carbocycles. The topological polar surface area (TPSA) is 282 Å². The number of hydrogen-bond acceptors (Lipinski definition) is 15. The first-order valence-electron chi connectivity index (χ1n) is 16.9. The predicted octanol–water partition coefficient (Wildman–Crippen LogP) is 1.11. The van der Waals surface area contributed by atoms with Crippen molar-refractivity contribution in [3.8, 4) is 11.8 Å². The normalized spacial score (nSPS) is 39.5. The summed E-state index contributed by atoms with van der Waals surface area (Å²) >= 11 is 1.36. The molecule has 268 valence electrons. The van der Waals surface area contributed by atoms with Crippen LogP contribution in [0, 0.1) is 40.4 Å². The number of nitrogens with one attached hydrogen (secondary N) is 1. The number of nitrogens with two attached hydrogens (primary N) is 3. The lowest BCUT2D eigenvalue weighted by Crippen LogP contribution is -2.87. The van der Waals surface area contributed by atoms with Crippen molar-refractivity contribution in [3.05, 3.63) is 51.2 Å². The van der Waals surface area contributed by atoms with E-state index in [2.05, 4.69) is 5.32 Å². The fourth-order valence-electron chi connectivity index (χ4n) is 10.9. The number of phenols is 1. The van der Waals surface area contributed by atoms with Gasteiger partial charge in [-0.25, -0.2) is 4.98 Å². The number of amides is 1. The van der Waals surface area contributed by atoms with Crippen LogP contribution in [-0.4, -0.2) is 90.2 Å². The van der Waals surface area contributed by atoms with E-state index in [0.29, 0.717) is 22.9 Å². The molecule has 4 bridgehead atoms. The van der Waals surface area contributed by atoms with Gasteiger partial charge < -0.3 is 48.1 Å². The third-order valence-electron chi connectivity index (χ3n) is 12.8. The van der Waals surface area contributed by atoms with E-state index in [1.807, 2.05) is 5.38 Å². The second-order valence-corrected chi connectivity index (χ2v) is 16.3. The second-order valence-electron chi connectivity index (χ2n) is 15.5. The number of rotatable bonds is 5. The Labute approximate surface area is 296 Å². The number of thiazole rings is 1. The van der Waals surface area contributed by atoms with Crippen molar-refractivity contribution in [2.45, 2.75) is 67.3 Å². The molecular formula is C35H39N7O8S. The Bertz CT molecular complexity index is 2030. The number of carbonyl (C=O) groups excluding carboxylic acids is 3. The first kappa shape index (κ1) is 33.8. The standard InChI is InChI=1S/C35H39N7O8S/c1-42(2)26-25(45)21(30(37)49)28(47)33(11-36)29(48)22-24(44)20-16(27(46)34(22,38)31(50)35(26,33)39)3-4-17(23(20)43)40-32-41-18(10-51-32)19-14-6-12-5-13(8-14)9-15(19)7-12/h3-4,10,12-15,19,26-27,31,43-44,46-47,50H,5-9,38-39H2,1-2H3,(H2,37,49)(H,40,41)/t12?,13?,14?,15?,19?,26-,27+,31+,33+,34-,35+/m1/s1. The molecule has 1 aromatic heterocycles. The van der Waals surface area contributed by atoms with Crippen LogP contribution in [0.1, 0.15) is 60.9 Å². The fourth-order valence-corrected chi connectivity index (χ4v) is 11.7. The van der Waals surface area contributed by atoms with E-state index in [-0.39, 0.29) is 11.3 Å². The maximum absolute atomic E-state index is 14.7. The third-order valence-corrected chi connectivity index (χ3v) is 13.6. The molecule has 7 aliphatic rings. The minimum Gasteiger partial charge on any atom is -0.509 e. The average Bonchev–Trinajstić information content (AvgIpc) is 3.51. The number of ketones is 2. The Balaban J connectivity index is 1.23. The number of anilines is 2. The van der Waals surface area contributed by atoms with Crippen molar-refractivity contribution in [2.75, 3.05) is 19.4 Å². The molecule has 0 spiro atoms. The van der Waals surface area contributed by atoms with Crippen molar-refractivity contribution in [2.24, 2.45) is 46.3 Å². The van der Waals surface area contributed by atoms with E-state index < -0.39 is 86.2 Å². The molecule has 1 heterocycles. The summed E-state index contributed by atoms with van der Waals surface area (Å²) in [5, 5.41) is 74.9. The van der Waals surface area contributed by atoms with Crippen molar-refractivity contribution in [1.82, 2.24) is 9.88 Å². The van der Waals surface area contributed by atoms with Gasteiger partial charge in [0.15, 0.2) is 22.1 Å². The van der Waals surface area contributed by atoms with Gasteiger partial charge in [0.05, 0.1) is 34.6 Å². The first-order valence-corrected chi connectivity index (χ1v) is 17.8. The highest BCUT2D eigenvalue weighted by Crippen LogP contribution is 2.62. The van der Waals surface area contributed by atoms with Crippen molar-refractivity contribution in [3.63, 3.8) is 0 Å². The summed E-state index contributed by atoms with van der Waals surface area (Å²) in [5.74, 6) is -4.03. The zero-order chi connectivity index (χ0) is 36.7. The molecule has 1 amide bonds. The molecule has 12 N–H and O–H groups in total. The molecule has 0 saturated heterocycles. The van der Waals surface area contributed by atoms with Crippen LogP contribution in [0.2, 0.25) is 0 Å². The molecule has 0 aliphatic heterocycles. The summed E-state index contributed by atoms with van der Waals surface area (Å²) in [7, 11) is 2.63. The first-order chi connectivity index (χ1) is 24.0. The number of benzene rings is 1. The number of Topliss-reactive ketones (excluding diaryl/α,β-unsaturated/α-hetero) is 2. The summed E-state index contributed by atoms with van der Waals surface area (Å²) in [4.78, 5) is 46.7. The highest BCUT2D eigenvalue weighted by Gasteiger charge is 2.79. The van der Waals surface area contributed by atoms with E-state index in [1.54, 1.807) is 6.07 Å². The molecule has 0 unspecified atom stereocenters. The molecular weight excluding hydrogens is 678 g/mol. The fraction of sp³-hybridized carbons (Fsp3) is 0.514. The third kappa shape index (κ3) is 3.99. The Morgan fingerprint density at radius 1 is 1.06 bits per heavy atom. The maximum Gasteiger partial charge on any atom is 0.255 e. The van der Waals surface area contributed by atoms with Crippen LogP contribution in [0.25, 0.3) is 5.76 Å². The number of primary amides is 1. The molecule has 6 atom stereocenters. The van der Waals surface area contributed by atoms with Crippen LogP contribution in [-0.2, 0) is 14.4 Å². The smallest absolute Gasteiger partial charge is 0.255 e. The maximum atomic E-state index is 14.7. The number of fused-ring (bicyclic) bond motifs is 3. The largest absolute Gasteiger partial charge is 0.509 e. The van der Waals surface area contributed by atoms with Gasteiger partial charge in [-0.2, -0.15) is 5.26 Å². The van der Waals surface area contributed by atoms with Gasteiger partial charge in [-0.15, -0.1) is 11.3 Å². The predicted molar refractivity (Wildman–Crippen MR) is 182 cm³/mol. The van der Waals surface area contributed by atoms with Crippen molar-refractivity contribution < 1.29 is 39.9 Å². The minimum absolute atomic E-state index is 0.0604. The quantitative estimate of drug-likeness (QED) is 0.155. The Morgan fingerprint density at radius 3 is 2.25 bits per heavy atom. The summed E-state index contributed by atoms with van der Waals surface area (Å²) in [5.41, 5.74) is 8.61. The number of aromatic hydroxyl groups is 1. The summed E-state index contributed by atoms with van der Waals surface area (Å²) < 4.78 is 0. The lowest BCUT2D eigenvalue weighted by Gasteiger charge is -2.61. The van der Waals surface area contributed by atoms with Crippen LogP contribution in [0.5, 0.6) is 5.75 Å². The van der Waals surface area contributed by atoms with Gasteiger partial charge in [0.1, 0.15) is 46.1 Å². The molecule has 9 rings (SSSR count). The summed E-state index contributed by atoms with van der Waals surface area (Å²) in [6.45, 7) is 0. The van der Waals surface area contributed by atoms with Crippen LogP contribution >= 0.6 is 11.3 Å². The van der Waals surface area contributed by atoms with Gasteiger partial charge in [-0.05, 0) is 81.5 Å². The van der Waals surface area contributed by atoms with Gasteiger partial charge in [-0.1, -0.05) is 6.07 Å². The van der Waals surface area contributed by atoms with E-state index >= 15 is 0 Å². The number of aliphatic hydroxyl groups is 4. The molecule has 16 heteroatoms. The van der Waals surface area contributed by atoms with E-state index in [0.717, 1.165) is 22.4 Å². The Kier molecular flexibility index (Phi) is 7.16. The van der Waals surface area contributed by atoms with Crippen LogP contribution in [0.3, 0.4) is 0 Å². The summed E-state index contributed by atoms with van der Waals surface area (Å²) in [6, 6.07) is 2.50. The average molecular weight is 718 g/mol. The lowest BCUT2D eigenvalue weighted by atomic mass is 9.45. The van der Waals surface area contributed by atoms with Gasteiger partial charge in [0.25, 0.3) is 5.91 Å². The van der Waals surface area contributed by atoms with E-state index in [1.165, 1.54) is 69.7 Å². The molecule has 2 aromatic rings. The number of nitriles is 1. The van der Waals surface area contributed by atoms with E-state index in [9.17, 15) is 45.2 Å². The Morgan fingerprint density at radius 2 is 1.69 bits per heavy atom. The number of hydrogen-bond donors (Lipinski definition) is 9. The highest BCUT2D eigenvalue weighted by atomic mass is 32.1. The molecule has 51 heavy (non-hydrogen) atoms. The number of aliphatic hydroxyl groups excluding tert-OH is 4. The van der Waals surface area contributed by atoms with Gasteiger partial charge >= 0.3 is 0 Å². The van der Waals surface area contributed by atoms with Gasteiger partial charge in [0.2, 0.25) is 0 Å². The number of carbonyl (C=O) groups is 3. The van der Waals surface area contributed by atoms with Crippen molar-refractivity contribution >= 4 is 45.4 Å².